The Morgan fingerprint density at radius 3 is 2.79 bits per heavy atom. The van der Waals surface area contributed by atoms with Crippen LogP contribution in [-0.2, 0) is 9.47 Å². The molecular formula is C15H19N7O2. The van der Waals surface area contributed by atoms with Gasteiger partial charge in [-0.1, -0.05) is 0 Å². The Morgan fingerprint density at radius 2 is 2.04 bits per heavy atom. The first-order valence-corrected chi connectivity index (χ1v) is 7.53. The van der Waals surface area contributed by atoms with Gasteiger partial charge in [-0.3, -0.25) is 0 Å². The molecule has 9 heteroatoms. The molecule has 0 amide bonds. The van der Waals surface area contributed by atoms with Crippen LogP contribution < -0.4 is 16.4 Å². The zero-order valence-electron chi connectivity index (χ0n) is 13.0. The Hall–Kier alpha value is -2.78. The molecule has 1 unspecified atom stereocenters. The van der Waals surface area contributed by atoms with Crippen molar-refractivity contribution >= 4 is 29.4 Å². The van der Waals surface area contributed by atoms with E-state index in [2.05, 4.69) is 25.6 Å². The molecular weight excluding hydrogens is 310 g/mol. The number of rotatable bonds is 6. The molecule has 1 saturated heterocycles. The van der Waals surface area contributed by atoms with E-state index in [9.17, 15) is 0 Å². The first-order chi connectivity index (χ1) is 11.7. The van der Waals surface area contributed by atoms with Gasteiger partial charge in [0.1, 0.15) is 23.8 Å². The summed E-state index contributed by atoms with van der Waals surface area (Å²) < 4.78 is 10.9. The fraction of sp³-hybridized carbons (Fsp3) is 0.333. The maximum atomic E-state index is 7.22. The third-order valence-corrected chi connectivity index (χ3v) is 3.44. The molecule has 1 aliphatic rings. The molecule has 2 aromatic heterocycles. The average Bonchev–Trinajstić information content (AvgIpc) is 2.61. The molecule has 2 aromatic rings. The molecule has 24 heavy (non-hydrogen) atoms. The quantitative estimate of drug-likeness (QED) is 0.578. The molecule has 0 aliphatic carbocycles. The molecule has 0 aromatic carbocycles. The molecule has 1 aliphatic heterocycles. The minimum absolute atomic E-state index is 0.0141. The van der Waals surface area contributed by atoms with Gasteiger partial charge < -0.3 is 31.3 Å². The molecule has 0 bridgehead atoms. The van der Waals surface area contributed by atoms with Crippen molar-refractivity contribution in [2.45, 2.75) is 6.10 Å². The van der Waals surface area contributed by atoms with Gasteiger partial charge >= 0.3 is 0 Å². The third-order valence-electron chi connectivity index (χ3n) is 3.44. The molecule has 0 radical (unpaired) electrons. The number of pyridine rings is 1. The predicted octanol–water partition coefficient (Wildman–Crippen LogP) is 1.02. The first-order valence-electron chi connectivity index (χ1n) is 7.53. The summed E-state index contributed by atoms with van der Waals surface area (Å²) in [6.07, 6.45) is 4.17. The van der Waals surface area contributed by atoms with E-state index >= 15 is 0 Å². The highest BCUT2D eigenvalue weighted by atomic mass is 16.6. The summed E-state index contributed by atoms with van der Waals surface area (Å²) in [6.45, 7) is 2.44. The molecule has 0 spiro atoms. The van der Waals surface area contributed by atoms with E-state index in [0.717, 1.165) is 6.21 Å². The standard InChI is InChI=1S/C15H19N7O2/c16-5-10-6-18-14(3-12(10)17)22-15-4-13(20-9-21-15)19-7-11-8-23-1-2-24-11/h3-6,9,11,16H,1-2,7-8H2,(H4,17,18,19,20,21,22). The molecule has 1 fully saturated rings. The second kappa shape index (κ2) is 7.66. The Bertz CT molecular complexity index is 704. The van der Waals surface area contributed by atoms with Crippen molar-refractivity contribution in [3.05, 3.63) is 30.2 Å². The van der Waals surface area contributed by atoms with Crippen LogP contribution in [-0.4, -0.2) is 53.6 Å². The second-order valence-corrected chi connectivity index (χ2v) is 5.20. The zero-order valence-corrected chi connectivity index (χ0v) is 13.0. The molecule has 3 rings (SSSR count). The number of anilines is 4. The third kappa shape index (κ3) is 4.15. The van der Waals surface area contributed by atoms with Crippen molar-refractivity contribution in [2.75, 3.05) is 42.7 Å². The van der Waals surface area contributed by atoms with E-state index in [1.165, 1.54) is 12.5 Å². The highest BCUT2D eigenvalue weighted by Gasteiger charge is 2.14. The van der Waals surface area contributed by atoms with Crippen LogP contribution in [0.3, 0.4) is 0 Å². The summed E-state index contributed by atoms with van der Waals surface area (Å²) in [5.74, 6) is 1.81. The lowest BCUT2D eigenvalue weighted by molar-refractivity contribution is -0.0819. The first kappa shape index (κ1) is 16.1. The van der Waals surface area contributed by atoms with Gasteiger partial charge in [-0.25, -0.2) is 15.0 Å². The van der Waals surface area contributed by atoms with E-state index in [-0.39, 0.29) is 6.10 Å². The lowest BCUT2D eigenvalue weighted by atomic mass is 10.2. The monoisotopic (exact) mass is 329 g/mol. The molecule has 9 nitrogen and oxygen atoms in total. The minimum atomic E-state index is 0.0141. The smallest absolute Gasteiger partial charge is 0.137 e. The Balaban J connectivity index is 1.62. The summed E-state index contributed by atoms with van der Waals surface area (Å²) in [5.41, 5.74) is 6.89. The summed E-state index contributed by atoms with van der Waals surface area (Å²) in [7, 11) is 0. The molecule has 0 saturated carbocycles. The number of nitrogens with zero attached hydrogens (tertiary/aromatic N) is 3. The number of ether oxygens (including phenoxy) is 2. The molecule has 126 valence electrons. The summed E-state index contributed by atoms with van der Waals surface area (Å²) >= 11 is 0. The van der Waals surface area contributed by atoms with Gasteiger partial charge in [-0.15, -0.1) is 0 Å². The van der Waals surface area contributed by atoms with E-state index in [1.807, 2.05) is 0 Å². The van der Waals surface area contributed by atoms with Gasteiger partial charge in [-0.05, 0) is 0 Å². The topological polar surface area (TPSA) is 131 Å². The van der Waals surface area contributed by atoms with Crippen LogP contribution in [0.1, 0.15) is 5.56 Å². The largest absolute Gasteiger partial charge is 0.398 e. The minimum Gasteiger partial charge on any atom is -0.398 e. The SMILES string of the molecule is N=Cc1cnc(Nc2cc(NCC3COCCO3)ncn2)cc1N. The van der Waals surface area contributed by atoms with Crippen molar-refractivity contribution < 1.29 is 9.47 Å². The number of nitrogens with one attached hydrogen (secondary N) is 3. The maximum absolute atomic E-state index is 7.22. The van der Waals surface area contributed by atoms with Crippen molar-refractivity contribution in [3.8, 4) is 0 Å². The normalized spacial score (nSPS) is 17.2. The van der Waals surface area contributed by atoms with E-state index in [1.54, 1.807) is 12.1 Å². The van der Waals surface area contributed by atoms with Crippen LogP contribution in [0, 0.1) is 5.41 Å². The van der Waals surface area contributed by atoms with Gasteiger partial charge in [0.2, 0.25) is 0 Å². The van der Waals surface area contributed by atoms with Crippen molar-refractivity contribution in [2.24, 2.45) is 0 Å². The Labute approximate surface area is 139 Å². The van der Waals surface area contributed by atoms with Crippen LogP contribution >= 0.6 is 0 Å². The van der Waals surface area contributed by atoms with Crippen molar-refractivity contribution in [1.82, 2.24) is 15.0 Å². The fourth-order valence-electron chi connectivity index (χ4n) is 2.20. The van der Waals surface area contributed by atoms with Gasteiger partial charge in [-0.2, -0.15) is 0 Å². The number of hydrogen-bond acceptors (Lipinski definition) is 9. The van der Waals surface area contributed by atoms with Crippen LogP contribution in [0.25, 0.3) is 0 Å². The van der Waals surface area contributed by atoms with Gasteiger partial charge in [0, 0.05) is 42.3 Å². The maximum Gasteiger partial charge on any atom is 0.137 e. The molecule has 5 N–H and O–H groups in total. The fourth-order valence-corrected chi connectivity index (χ4v) is 2.20. The summed E-state index contributed by atoms with van der Waals surface area (Å²) in [6, 6.07) is 3.43. The van der Waals surface area contributed by atoms with Crippen LogP contribution in [0.15, 0.2) is 24.7 Å². The van der Waals surface area contributed by atoms with Crippen LogP contribution in [0.2, 0.25) is 0 Å². The van der Waals surface area contributed by atoms with Crippen LogP contribution in [0.4, 0.5) is 23.1 Å². The highest BCUT2D eigenvalue weighted by molar-refractivity contribution is 5.85. The number of aromatic nitrogens is 3. The second-order valence-electron chi connectivity index (χ2n) is 5.20. The Morgan fingerprint density at radius 1 is 1.21 bits per heavy atom. The number of hydrogen-bond donors (Lipinski definition) is 4. The van der Waals surface area contributed by atoms with E-state index < -0.39 is 0 Å². The van der Waals surface area contributed by atoms with Gasteiger partial charge in [0.05, 0.1) is 25.9 Å². The predicted molar refractivity (Wildman–Crippen MR) is 90.9 cm³/mol. The molecule has 1 atom stereocenters. The Kier molecular flexibility index (Phi) is 5.14. The van der Waals surface area contributed by atoms with Crippen molar-refractivity contribution in [3.63, 3.8) is 0 Å². The van der Waals surface area contributed by atoms with Crippen molar-refractivity contribution in [1.29, 1.82) is 5.41 Å². The highest BCUT2D eigenvalue weighted by Crippen LogP contribution is 2.18. The number of nitrogens with two attached hydrogens (primary N) is 1. The average molecular weight is 329 g/mol. The van der Waals surface area contributed by atoms with Gasteiger partial charge in [0.15, 0.2) is 0 Å². The van der Waals surface area contributed by atoms with Gasteiger partial charge in [0.25, 0.3) is 0 Å². The number of nitrogen functional groups attached to an aromatic ring is 1. The zero-order chi connectivity index (χ0) is 16.8. The lowest BCUT2D eigenvalue weighted by Crippen LogP contribution is -2.34. The van der Waals surface area contributed by atoms with E-state index in [0.29, 0.717) is 55.1 Å². The van der Waals surface area contributed by atoms with Crippen LogP contribution in [0.5, 0.6) is 0 Å². The summed E-state index contributed by atoms with van der Waals surface area (Å²) in [4.78, 5) is 12.5. The molecule has 3 heterocycles. The van der Waals surface area contributed by atoms with E-state index in [4.69, 9.17) is 20.6 Å². The lowest BCUT2D eigenvalue weighted by Gasteiger charge is -2.23. The summed E-state index contributed by atoms with van der Waals surface area (Å²) in [5, 5.41) is 13.5.